The number of furan rings is 1. The summed E-state index contributed by atoms with van der Waals surface area (Å²) in [6.07, 6.45) is 0. The van der Waals surface area contributed by atoms with E-state index >= 15 is 0 Å². The molecule has 2 rings (SSSR count). The zero-order valence-corrected chi connectivity index (χ0v) is 15.3. The Bertz CT molecular complexity index is 651. The summed E-state index contributed by atoms with van der Waals surface area (Å²) in [5.41, 5.74) is 1.27. The first-order chi connectivity index (χ1) is 9.88. The maximum atomic E-state index is 12.0. The van der Waals surface area contributed by atoms with Gasteiger partial charge in [-0.3, -0.25) is 4.79 Å². The number of nitrogens with zero attached hydrogens (tertiary/aromatic N) is 1. The summed E-state index contributed by atoms with van der Waals surface area (Å²) in [5, 5.41) is 3.63. The van der Waals surface area contributed by atoms with Crippen molar-refractivity contribution in [2.75, 3.05) is 19.4 Å². The number of benzene rings is 1. The van der Waals surface area contributed by atoms with Crippen LogP contribution in [0, 0.1) is 0 Å². The van der Waals surface area contributed by atoms with Crippen LogP contribution in [0.1, 0.15) is 16.1 Å². The second-order valence-electron chi connectivity index (χ2n) is 4.58. The number of amides is 1. The zero-order chi connectivity index (χ0) is 15.6. The van der Waals surface area contributed by atoms with Gasteiger partial charge >= 0.3 is 0 Å². The van der Waals surface area contributed by atoms with Gasteiger partial charge in [0, 0.05) is 19.8 Å². The Morgan fingerprint density at radius 3 is 2.62 bits per heavy atom. The highest BCUT2D eigenvalue weighted by molar-refractivity contribution is 9.13. The SMILES string of the molecule is CN(C)C(=O)c1cc(NCc2cc(Br)c(Br)o2)ccc1Cl. The zero-order valence-electron chi connectivity index (χ0n) is 11.4. The Morgan fingerprint density at radius 2 is 2.05 bits per heavy atom. The summed E-state index contributed by atoms with van der Waals surface area (Å²) in [4.78, 5) is 13.5. The molecule has 0 saturated heterocycles. The summed E-state index contributed by atoms with van der Waals surface area (Å²) in [7, 11) is 3.38. The van der Waals surface area contributed by atoms with E-state index in [-0.39, 0.29) is 5.91 Å². The minimum absolute atomic E-state index is 0.132. The number of carbonyl (C=O) groups is 1. The molecule has 0 bridgehead atoms. The molecule has 7 heteroatoms. The Balaban J connectivity index is 2.14. The molecule has 0 atom stereocenters. The molecule has 1 aromatic carbocycles. The van der Waals surface area contributed by atoms with Gasteiger partial charge in [0.25, 0.3) is 5.91 Å². The third kappa shape index (κ3) is 4.02. The van der Waals surface area contributed by atoms with Gasteiger partial charge in [-0.05, 0) is 56.1 Å². The quantitative estimate of drug-likeness (QED) is 0.751. The number of hydrogen-bond acceptors (Lipinski definition) is 3. The molecule has 1 amide bonds. The van der Waals surface area contributed by atoms with Crippen LogP contribution in [0.15, 0.2) is 37.8 Å². The Hall–Kier alpha value is -0.980. The first-order valence-corrected chi connectivity index (χ1v) is 8.03. The Kier molecular flexibility index (Phi) is 5.35. The summed E-state index contributed by atoms with van der Waals surface area (Å²) in [6.45, 7) is 0.501. The van der Waals surface area contributed by atoms with Gasteiger partial charge < -0.3 is 14.6 Å². The van der Waals surface area contributed by atoms with Crippen LogP contribution in [-0.2, 0) is 6.54 Å². The van der Waals surface area contributed by atoms with Crippen LogP contribution in [0.5, 0.6) is 0 Å². The van der Waals surface area contributed by atoms with E-state index in [0.29, 0.717) is 21.8 Å². The highest BCUT2D eigenvalue weighted by atomic mass is 79.9. The Morgan fingerprint density at radius 1 is 1.33 bits per heavy atom. The van der Waals surface area contributed by atoms with Crippen molar-refractivity contribution < 1.29 is 9.21 Å². The molecule has 0 fully saturated rings. The van der Waals surface area contributed by atoms with Crippen LogP contribution in [0.25, 0.3) is 0 Å². The van der Waals surface area contributed by atoms with Crippen molar-refractivity contribution in [3.05, 3.63) is 49.8 Å². The summed E-state index contributed by atoms with van der Waals surface area (Å²) < 4.78 is 6.99. The van der Waals surface area contributed by atoms with Gasteiger partial charge in [0.15, 0.2) is 4.67 Å². The predicted octanol–water partition coefficient (Wildman–Crippen LogP) is 4.77. The van der Waals surface area contributed by atoms with E-state index in [1.165, 1.54) is 4.90 Å². The Labute approximate surface area is 144 Å². The monoisotopic (exact) mass is 434 g/mol. The topological polar surface area (TPSA) is 45.5 Å². The number of halogens is 3. The second kappa shape index (κ2) is 6.85. The fraction of sp³-hybridized carbons (Fsp3) is 0.214. The molecule has 2 aromatic rings. The molecule has 112 valence electrons. The molecule has 1 N–H and O–H groups in total. The van der Waals surface area contributed by atoms with Crippen molar-refractivity contribution in [2.24, 2.45) is 0 Å². The highest BCUT2D eigenvalue weighted by Gasteiger charge is 2.13. The maximum absolute atomic E-state index is 12.0. The molecule has 0 aliphatic heterocycles. The molecule has 4 nitrogen and oxygen atoms in total. The molecule has 0 saturated carbocycles. The lowest BCUT2D eigenvalue weighted by Gasteiger charge is -2.13. The lowest BCUT2D eigenvalue weighted by molar-refractivity contribution is 0.0828. The highest BCUT2D eigenvalue weighted by Crippen LogP contribution is 2.27. The van der Waals surface area contributed by atoms with Crippen molar-refractivity contribution in [2.45, 2.75) is 6.54 Å². The minimum Gasteiger partial charge on any atom is -0.451 e. The smallest absolute Gasteiger partial charge is 0.254 e. The van der Waals surface area contributed by atoms with Crippen LogP contribution < -0.4 is 5.32 Å². The van der Waals surface area contributed by atoms with E-state index in [1.807, 2.05) is 12.1 Å². The first kappa shape index (κ1) is 16.4. The third-order valence-electron chi connectivity index (χ3n) is 2.77. The third-order valence-corrected chi connectivity index (χ3v) is 4.81. The second-order valence-corrected chi connectivity index (χ2v) is 6.56. The van der Waals surface area contributed by atoms with E-state index < -0.39 is 0 Å². The molecular formula is C14H13Br2ClN2O2. The summed E-state index contributed by atoms with van der Waals surface area (Å²) in [5.74, 6) is 0.635. The molecule has 0 unspecified atom stereocenters. The normalized spacial score (nSPS) is 10.5. The van der Waals surface area contributed by atoms with Crippen LogP contribution >= 0.6 is 43.5 Å². The van der Waals surface area contributed by atoms with Gasteiger partial charge in [-0.25, -0.2) is 0 Å². The van der Waals surface area contributed by atoms with E-state index in [1.54, 1.807) is 26.2 Å². The molecule has 0 spiro atoms. The first-order valence-electron chi connectivity index (χ1n) is 6.07. The van der Waals surface area contributed by atoms with Gasteiger partial charge in [0.1, 0.15) is 5.76 Å². The van der Waals surface area contributed by atoms with Crippen molar-refractivity contribution in [3.8, 4) is 0 Å². The van der Waals surface area contributed by atoms with Gasteiger partial charge in [-0.1, -0.05) is 11.6 Å². The average Bonchev–Trinajstić information content (AvgIpc) is 2.76. The molecule has 1 heterocycles. The van der Waals surface area contributed by atoms with E-state index in [0.717, 1.165) is 15.9 Å². The van der Waals surface area contributed by atoms with E-state index in [4.69, 9.17) is 16.0 Å². The number of anilines is 1. The van der Waals surface area contributed by atoms with Crippen LogP contribution in [0.4, 0.5) is 5.69 Å². The summed E-state index contributed by atoms with van der Waals surface area (Å²) >= 11 is 12.7. The van der Waals surface area contributed by atoms with Gasteiger partial charge in [0.2, 0.25) is 0 Å². The summed E-state index contributed by atoms with van der Waals surface area (Å²) in [6, 6.07) is 7.13. The average molecular weight is 437 g/mol. The lowest BCUT2D eigenvalue weighted by Crippen LogP contribution is -2.22. The van der Waals surface area contributed by atoms with Crippen molar-refractivity contribution in [1.82, 2.24) is 4.90 Å². The predicted molar refractivity (Wildman–Crippen MR) is 90.9 cm³/mol. The molecule has 0 aliphatic carbocycles. The fourth-order valence-corrected chi connectivity index (χ4v) is 2.56. The molecule has 21 heavy (non-hydrogen) atoms. The van der Waals surface area contributed by atoms with Gasteiger partial charge in [-0.2, -0.15) is 0 Å². The number of carbonyl (C=O) groups excluding carboxylic acids is 1. The minimum atomic E-state index is -0.132. The van der Waals surface area contributed by atoms with Gasteiger partial charge in [0.05, 0.1) is 21.6 Å². The van der Waals surface area contributed by atoms with Crippen LogP contribution in [0.2, 0.25) is 5.02 Å². The van der Waals surface area contributed by atoms with Gasteiger partial charge in [-0.15, -0.1) is 0 Å². The molecule has 0 radical (unpaired) electrons. The van der Waals surface area contributed by atoms with Crippen molar-refractivity contribution in [1.29, 1.82) is 0 Å². The number of hydrogen-bond donors (Lipinski definition) is 1. The fourth-order valence-electron chi connectivity index (χ4n) is 1.71. The molecular weight excluding hydrogens is 423 g/mol. The van der Waals surface area contributed by atoms with E-state index in [9.17, 15) is 4.79 Å². The van der Waals surface area contributed by atoms with Crippen molar-refractivity contribution in [3.63, 3.8) is 0 Å². The van der Waals surface area contributed by atoms with E-state index in [2.05, 4.69) is 37.2 Å². The molecule has 1 aromatic heterocycles. The number of nitrogens with one attached hydrogen (secondary N) is 1. The maximum Gasteiger partial charge on any atom is 0.254 e. The van der Waals surface area contributed by atoms with Crippen LogP contribution in [0.3, 0.4) is 0 Å². The standard InChI is InChI=1S/C14H13Br2ClN2O2/c1-19(2)14(20)10-5-8(3-4-12(10)17)18-7-9-6-11(15)13(16)21-9/h3-6,18H,7H2,1-2H3. The number of rotatable bonds is 4. The van der Waals surface area contributed by atoms with Crippen LogP contribution in [-0.4, -0.2) is 24.9 Å². The molecule has 0 aliphatic rings. The lowest BCUT2D eigenvalue weighted by atomic mass is 10.1. The van der Waals surface area contributed by atoms with Crippen molar-refractivity contribution >= 4 is 55.1 Å². The largest absolute Gasteiger partial charge is 0.451 e.